The lowest BCUT2D eigenvalue weighted by Gasteiger charge is -2.30. The summed E-state index contributed by atoms with van der Waals surface area (Å²) in [5.74, 6) is 0.0190. The number of hydrogen-bond acceptors (Lipinski definition) is 4. The van der Waals surface area contributed by atoms with Crippen LogP contribution in [0.4, 0.5) is 0 Å². The fourth-order valence-electron chi connectivity index (χ4n) is 2.35. The predicted octanol–water partition coefficient (Wildman–Crippen LogP) is 1.89. The van der Waals surface area contributed by atoms with E-state index in [2.05, 4.69) is 10.3 Å². The first-order valence-corrected chi connectivity index (χ1v) is 7.74. The van der Waals surface area contributed by atoms with Crippen molar-refractivity contribution in [2.24, 2.45) is 5.92 Å². The third-order valence-corrected chi connectivity index (χ3v) is 4.66. The van der Waals surface area contributed by atoms with Gasteiger partial charge >= 0.3 is 0 Å². The summed E-state index contributed by atoms with van der Waals surface area (Å²) >= 11 is 1.60. The summed E-state index contributed by atoms with van der Waals surface area (Å²) in [4.78, 5) is 31.7. The van der Waals surface area contributed by atoms with Gasteiger partial charge < -0.3 is 10.2 Å². The highest BCUT2D eigenvalue weighted by atomic mass is 32.1. The molecule has 6 heteroatoms. The molecule has 2 amide bonds. The molecule has 1 saturated heterocycles. The zero-order valence-electron chi connectivity index (χ0n) is 12.3. The van der Waals surface area contributed by atoms with Gasteiger partial charge in [-0.2, -0.15) is 0 Å². The summed E-state index contributed by atoms with van der Waals surface area (Å²) in [6.45, 7) is 8.33. The van der Waals surface area contributed by atoms with Gasteiger partial charge in [0.2, 0.25) is 11.8 Å². The summed E-state index contributed by atoms with van der Waals surface area (Å²) in [6.07, 6.45) is 2.17. The maximum absolute atomic E-state index is 12.6. The summed E-state index contributed by atoms with van der Waals surface area (Å²) < 4.78 is 0. The maximum atomic E-state index is 12.6. The van der Waals surface area contributed by atoms with Gasteiger partial charge in [0.25, 0.3) is 0 Å². The first-order valence-electron chi connectivity index (χ1n) is 6.92. The van der Waals surface area contributed by atoms with Crippen LogP contribution in [-0.2, 0) is 9.59 Å². The Kier molecular flexibility index (Phi) is 4.42. The summed E-state index contributed by atoms with van der Waals surface area (Å²) in [7, 11) is 0. The van der Waals surface area contributed by atoms with Crippen molar-refractivity contribution in [1.82, 2.24) is 15.2 Å². The zero-order chi connectivity index (χ0) is 14.9. The van der Waals surface area contributed by atoms with Gasteiger partial charge in [-0.25, -0.2) is 4.98 Å². The van der Waals surface area contributed by atoms with Crippen molar-refractivity contribution < 1.29 is 9.59 Å². The first kappa shape index (κ1) is 15.0. The monoisotopic (exact) mass is 295 g/mol. The van der Waals surface area contributed by atoms with Crippen LogP contribution in [0.25, 0.3) is 0 Å². The highest BCUT2D eigenvalue weighted by Crippen LogP contribution is 2.27. The molecule has 2 rings (SSSR count). The van der Waals surface area contributed by atoms with E-state index in [1.165, 1.54) is 0 Å². The molecule has 0 spiro atoms. The molecular formula is C14H21N3O2S. The van der Waals surface area contributed by atoms with Crippen molar-refractivity contribution in [1.29, 1.82) is 0 Å². The Morgan fingerprint density at radius 3 is 2.65 bits per heavy atom. The van der Waals surface area contributed by atoms with Crippen LogP contribution in [0, 0.1) is 12.8 Å². The number of nitrogens with zero attached hydrogens (tertiary/aromatic N) is 2. The molecule has 5 nitrogen and oxygen atoms in total. The van der Waals surface area contributed by atoms with Gasteiger partial charge in [-0.3, -0.25) is 9.59 Å². The van der Waals surface area contributed by atoms with Crippen molar-refractivity contribution in [3.63, 3.8) is 0 Å². The minimum Gasteiger partial charge on any atom is -0.344 e. The summed E-state index contributed by atoms with van der Waals surface area (Å²) in [5, 5.41) is 3.75. The van der Waals surface area contributed by atoms with E-state index in [-0.39, 0.29) is 23.8 Å². The number of rotatable bonds is 3. The number of amides is 2. The lowest BCUT2D eigenvalue weighted by Crippen LogP contribution is -2.48. The Balaban J connectivity index is 2.24. The smallest absolute Gasteiger partial charge is 0.246 e. The third-order valence-electron chi connectivity index (χ3n) is 3.58. The standard InChI is InChI=1S/C14H21N3O2S/c1-8(2)12-14(19)17(6-5-11(18)16-12)10(4)13-15-7-9(3)20-13/h7-8,10,12H,5-6H2,1-4H3,(H,16,18). The SMILES string of the molecule is Cc1cnc(C(C)N2CCC(=O)NC(C(C)C)C2=O)s1. The molecule has 1 aromatic heterocycles. The van der Waals surface area contributed by atoms with Crippen molar-refractivity contribution in [2.75, 3.05) is 6.54 Å². The fraction of sp³-hybridized carbons (Fsp3) is 0.643. The van der Waals surface area contributed by atoms with Crippen molar-refractivity contribution in [3.05, 3.63) is 16.1 Å². The fourth-order valence-corrected chi connectivity index (χ4v) is 3.19. The number of carbonyl (C=O) groups is 2. The van der Waals surface area contributed by atoms with Crippen molar-refractivity contribution in [3.8, 4) is 0 Å². The highest BCUT2D eigenvalue weighted by Gasteiger charge is 2.35. The van der Waals surface area contributed by atoms with Crippen LogP contribution in [0.2, 0.25) is 0 Å². The Morgan fingerprint density at radius 1 is 1.40 bits per heavy atom. The van der Waals surface area contributed by atoms with E-state index in [9.17, 15) is 9.59 Å². The quantitative estimate of drug-likeness (QED) is 0.926. The van der Waals surface area contributed by atoms with Gasteiger partial charge in [0, 0.05) is 24.0 Å². The highest BCUT2D eigenvalue weighted by molar-refractivity contribution is 7.11. The topological polar surface area (TPSA) is 62.3 Å². The Morgan fingerprint density at radius 2 is 2.10 bits per heavy atom. The average Bonchev–Trinajstić information content (AvgIpc) is 2.75. The van der Waals surface area contributed by atoms with E-state index >= 15 is 0 Å². The van der Waals surface area contributed by atoms with Crippen molar-refractivity contribution in [2.45, 2.75) is 46.2 Å². The van der Waals surface area contributed by atoms with Gasteiger partial charge in [-0.15, -0.1) is 11.3 Å². The molecule has 0 aromatic carbocycles. The van der Waals surface area contributed by atoms with Crippen LogP contribution in [0.3, 0.4) is 0 Å². The normalized spacial score (nSPS) is 21.9. The van der Waals surface area contributed by atoms with Crippen LogP contribution in [0.5, 0.6) is 0 Å². The van der Waals surface area contributed by atoms with E-state index in [1.54, 1.807) is 16.2 Å². The second-order valence-corrected chi connectivity index (χ2v) is 6.82. The molecule has 20 heavy (non-hydrogen) atoms. The zero-order valence-corrected chi connectivity index (χ0v) is 13.2. The van der Waals surface area contributed by atoms with Crippen LogP contribution in [0.15, 0.2) is 6.20 Å². The number of aryl methyl sites for hydroxylation is 1. The van der Waals surface area contributed by atoms with Crippen LogP contribution in [0.1, 0.15) is 43.1 Å². The summed E-state index contributed by atoms with van der Waals surface area (Å²) in [5.41, 5.74) is 0. The predicted molar refractivity (Wildman–Crippen MR) is 78.4 cm³/mol. The van der Waals surface area contributed by atoms with Gasteiger partial charge in [0.05, 0.1) is 6.04 Å². The number of carbonyl (C=O) groups excluding carboxylic acids is 2. The van der Waals surface area contributed by atoms with E-state index in [1.807, 2.05) is 33.9 Å². The minimum atomic E-state index is -0.437. The molecule has 0 radical (unpaired) electrons. The molecule has 2 atom stereocenters. The lowest BCUT2D eigenvalue weighted by atomic mass is 10.0. The van der Waals surface area contributed by atoms with Gasteiger partial charge in [0.15, 0.2) is 0 Å². The van der Waals surface area contributed by atoms with E-state index in [4.69, 9.17) is 0 Å². The molecule has 0 aliphatic carbocycles. The molecule has 1 N–H and O–H groups in total. The van der Waals surface area contributed by atoms with Gasteiger partial charge in [-0.1, -0.05) is 13.8 Å². The molecular weight excluding hydrogens is 274 g/mol. The molecule has 1 aliphatic heterocycles. The molecule has 1 aromatic rings. The summed E-state index contributed by atoms with van der Waals surface area (Å²) in [6, 6.07) is -0.524. The van der Waals surface area contributed by atoms with Gasteiger partial charge in [-0.05, 0) is 19.8 Å². The maximum Gasteiger partial charge on any atom is 0.246 e. The van der Waals surface area contributed by atoms with E-state index in [0.717, 1.165) is 9.88 Å². The molecule has 0 saturated carbocycles. The van der Waals surface area contributed by atoms with Gasteiger partial charge in [0.1, 0.15) is 11.0 Å². The Bertz CT molecular complexity index is 512. The van der Waals surface area contributed by atoms with Crippen LogP contribution < -0.4 is 5.32 Å². The van der Waals surface area contributed by atoms with E-state index in [0.29, 0.717) is 13.0 Å². The second-order valence-electron chi connectivity index (χ2n) is 5.56. The van der Waals surface area contributed by atoms with Crippen LogP contribution >= 0.6 is 11.3 Å². The Labute approximate surface area is 123 Å². The largest absolute Gasteiger partial charge is 0.344 e. The molecule has 2 unspecified atom stereocenters. The second kappa shape index (κ2) is 5.91. The molecule has 0 bridgehead atoms. The number of hydrogen-bond donors (Lipinski definition) is 1. The minimum absolute atomic E-state index is 0.00815. The molecule has 2 heterocycles. The third kappa shape index (κ3) is 3.00. The van der Waals surface area contributed by atoms with Crippen molar-refractivity contribution >= 4 is 23.2 Å². The number of aromatic nitrogens is 1. The number of thiazole rings is 1. The Hall–Kier alpha value is -1.43. The first-order chi connectivity index (χ1) is 9.40. The number of nitrogens with one attached hydrogen (secondary N) is 1. The lowest BCUT2D eigenvalue weighted by molar-refractivity contribution is -0.136. The molecule has 1 fully saturated rings. The van der Waals surface area contributed by atoms with Crippen LogP contribution in [-0.4, -0.2) is 34.3 Å². The average molecular weight is 295 g/mol. The van der Waals surface area contributed by atoms with E-state index < -0.39 is 6.04 Å². The molecule has 1 aliphatic rings. The molecule has 110 valence electrons.